The van der Waals surface area contributed by atoms with Gasteiger partial charge in [0, 0.05) is 53.6 Å². The van der Waals surface area contributed by atoms with E-state index >= 15 is 4.79 Å². The van der Waals surface area contributed by atoms with E-state index in [1.54, 1.807) is 18.2 Å². The van der Waals surface area contributed by atoms with Crippen molar-refractivity contribution < 1.29 is 57.8 Å². The van der Waals surface area contributed by atoms with E-state index in [9.17, 15) is 19.8 Å². The summed E-state index contributed by atoms with van der Waals surface area (Å²) in [6, 6.07) is 12.5. The maximum atomic E-state index is 15.0. The molecule has 334 valence electrons. The molecule has 11 rings (SSSR count). The third kappa shape index (κ3) is 6.43. The minimum atomic E-state index is -1.44. The number of carbonyl (C=O) groups excluding carboxylic acids is 3. The Balaban J connectivity index is 1.14. The fraction of sp³-hybridized carbons (Fsp3) is 0.396. The van der Waals surface area contributed by atoms with Crippen molar-refractivity contribution in [2.24, 2.45) is 0 Å². The van der Waals surface area contributed by atoms with Gasteiger partial charge >= 0.3 is 17.9 Å². The smallest absolute Gasteiger partial charge is 0.336 e. The molecule has 4 bridgehead atoms. The molecule has 4 aromatic rings. The number of thioether (sulfide) groups is 1. The van der Waals surface area contributed by atoms with Gasteiger partial charge in [-0.05, 0) is 79.8 Å². The zero-order valence-electron chi connectivity index (χ0n) is 36.3. The Bertz CT molecular complexity index is 2640. The third-order valence-electron chi connectivity index (χ3n) is 13.7. The van der Waals surface area contributed by atoms with Gasteiger partial charge in [0.25, 0.3) is 0 Å². The number of benzene rings is 4. The standard InChI is InChI=1S/C48H49N3O12S/c1-23-16-28-17-30-46(55)51-31-20-59-47(56)48(29-19-32(57-5)33(18-27(29)14-15-49-48)63-34(53)13-12-26-10-8-7-9-11-26)21-64-45(39(51)38(50(30)4)35(28)40(54)41(23)58-6)37-36(31)44-43(60-22-61-44)24(2)42(37)62-25(3)52/h7-13,16,18-19,30-31,38-39,45-46,49,54-55H,14-15,17,20-22H2,1-6H3/b13-12+/t30-,31+,38+,39?,45-,46+,48-/m1/s1. The van der Waals surface area contributed by atoms with Crippen LogP contribution >= 0.6 is 11.8 Å². The number of aromatic hydroxyl groups is 1. The molecule has 1 spiro atoms. The van der Waals surface area contributed by atoms with E-state index < -0.39 is 59.1 Å². The van der Waals surface area contributed by atoms with Gasteiger partial charge in [0.2, 0.25) is 6.79 Å². The van der Waals surface area contributed by atoms with Crippen LogP contribution in [-0.4, -0.2) is 103 Å². The van der Waals surface area contributed by atoms with E-state index in [-0.39, 0.29) is 36.4 Å². The van der Waals surface area contributed by atoms with Crippen LogP contribution in [0.25, 0.3) is 6.08 Å². The molecule has 7 atom stereocenters. The average molecular weight is 892 g/mol. The number of methoxy groups -OCH3 is 2. The first-order valence-corrected chi connectivity index (χ1v) is 22.3. The SMILES string of the molecule is COc1cc2c(cc1OC(=O)/C=C/c1ccccc1)CCN[C@]21CS[C@@H]2c3c(OC(C)=O)c(C)c4c(c3[C@H](COC1=O)N1C2[C@@H]2c3c(cc(C)c(OC)c3O)C[C@H]([C@@H]1O)N2C)OCO4. The number of carbonyl (C=O) groups is 3. The van der Waals surface area contributed by atoms with Gasteiger partial charge in [-0.1, -0.05) is 36.4 Å². The van der Waals surface area contributed by atoms with Crippen LogP contribution in [0.2, 0.25) is 0 Å². The maximum absolute atomic E-state index is 15.0. The highest BCUT2D eigenvalue weighted by Gasteiger charge is 2.61. The number of aliphatic hydroxyl groups is 1. The number of esters is 3. The Morgan fingerprint density at radius 3 is 2.48 bits per heavy atom. The summed E-state index contributed by atoms with van der Waals surface area (Å²) in [6.07, 6.45) is 2.88. The van der Waals surface area contributed by atoms with Crippen LogP contribution in [0.3, 0.4) is 0 Å². The number of phenolic OH excluding ortho intramolecular Hbond substituents is 1. The third-order valence-corrected chi connectivity index (χ3v) is 15.1. The van der Waals surface area contributed by atoms with Crippen LogP contribution < -0.4 is 33.7 Å². The lowest BCUT2D eigenvalue weighted by atomic mass is 9.73. The van der Waals surface area contributed by atoms with Gasteiger partial charge in [0.15, 0.2) is 40.0 Å². The first-order valence-electron chi connectivity index (χ1n) is 21.3. The monoisotopic (exact) mass is 891 g/mol. The molecule has 4 aromatic carbocycles. The Hall–Kier alpha value is -5.78. The van der Waals surface area contributed by atoms with Crippen LogP contribution in [0, 0.1) is 13.8 Å². The Labute approximate surface area is 374 Å². The summed E-state index contributed by atoms with van der Waals surface area (Å²) in [4.78, 5) is 45.3. The zero-order valence-corrected chi connectivity index (χ0v) is 37.1. The van der Waals surface area contributed by atoms with Crippen LogP contribution in [-0.2, 0) is 37.5 Å². The van der Waals surface area contributed by atoms with Crippen molar-refractivity contribution in [1.82, 2.24) is 15.1 Å². The van der Waals surface area contributed by atoms with Crippen molar-refractivity contribution in [3.05, 3.63) is 105 Å². The predicted octanol–water partition coefficient (Wildman–Crippen LogP) is 5.33. The molecular weight excluding hydrogens is 843 g/mol. The largest absolute Gasteiger partial charge is 0.504 e. The molecule has 15 nitrogen and oxygen atoms in total. The van der Waals surface area contributed by atoms with Gasteiger partial charge in [-0.25, -0.2) is 9.59 Å². The lowest BCUT2D eigenvalue weighted by Crippen LogP contribution is -2.70. The molecule has 7 heterocycles. The maximum Gasteiger partial charge on any atom is 0.336 e. The summed E-state index contributed by atoms with van der Waals surface area (Å²) < 4.78 is 42.4. The second kappa shape index (κ2) is 16.0. The number of phenols is 1. The van der Waals surface area contributed by atoms with Gasteiger partial charge in [0.05, 0.1) is 37.6 Å². The normalized spacial score (nSPS) is 26.6. The van der Waals surface area contributed by atoms with E-state index in [4.69, 9.17) is 33.2 Å². The van der Waals surface area contributed by atoms with E-state index in [0.29, 0.717) is 70.2 Å². The molecule has 0 amide bonds. The molecular formula is C48H49N3O12S. The number of hydrogen-bond acceptors (Lipinski definition) is 16. The average Bonchev–Trinajstić information content (AvgIpc) is 3.78. The number of aryl methyl sites for hydroxylation is 1. The van der Waals surface area contributed by atoms with Crippen molar-refractivity contribution in [3.63, 3.8) is 0 Å². The quantitative estimate of drug-likeness (QED) is 0.129. The Morgan fingerprint density at radius 1 is 0.953 bits per heavy atom. The van der Waals surface area contributed by atoms with Crippen molar-refractivity contribution in [3.8, 4) is 40.2 Å². The summed E-state index contributed by atoms with van der Waals surface area (Å²) in [5.41, 5.74) is 4.94. The van der Waals surface area contributed by atoms with Gasteiger partial charge in [-0.3, -0.25) is 19.9 Å². The lowest BCUT2D eigenvalue weighted by molar-refractivity contribution is -0.186. The predicted molar refractivity (Wildman–Crippen MR) is 234 cm³/mol. The van der Waals surface area contributed by atoms with Gasteiger partial charge in [0.1, 0.15) is 18.6 Å². The van der Waals surface area contributed by atoms with Crippen LogP contribution in [0.4, 0.5) is 0 Å². The van der Waals surface area contributed by atoms with Gasteiger partial charge in [-0.15, -0.1) is 11.8 Å². The molecule has 64 heavy (non-hydrogen) atoms. The Morgan fingerprint density at radius 2 is 1.73 bits per heavy atom. The van der Waals surface area contributed by atoms with Crippen LogP contribution in [0.1, 0.15) is 74.3 Å². The fourth-order valence-electron chi connectivity index (χ4n) is 10.9. The molecule has 0 radical (unpaired) electrons. The highest BCUT2D eigenvalue weighted by molar-refractivity contribution is 7.99. The zero-order chi connectivity index (χ0) is 44.8. The number of fused-ring (bicyclic) bond motifs is 9. The minimum Gasteiger partial charge on any atom is -0.504 e. The molecule has 2 saturated heterocycles. The van der Waals surface area contributed by atoms with Crippen LogP contribution in [0.15, 0.2) is 54.6 Å². The second-order valence-corrected chi connectivity index (χ2v) is 18.2. The van der Waals surface area contributed by atoms with Gasteiger partial charge < -0.3 is 43.4 Å². The first-order chi connectivity index (χ1) is 30.9. The van der Waals surface area contributed by atoms with Crippen molar-refractivity contribution in [1.29, 1.82) is 0 Å². The highest BCUT2D eigenvalue weighted by atomic mass is 32.2. The van der Waals surface area contributed by atoms with Crippen molar-refractivity contribution >= 4 is 35.7 Å². The number of ether oxygens (including phenoxy) is 7. The van der Waals surface area contributed by atoms with Crippen LogP contribution in [0.5, 0.6) is 40.2 Å². The van der Waals surface area contributed by atoms with Gasteiger partial charge in [-0.2, -0.15) is 0 Å². The molecule has 16 heteroatoms. The second-order valence-electron chi connectivity index (χ2n) is 17.1. The van der Waals surface area contributed by atoms with E-state index in [1.165, 1.54) is 39.0 Å². The summed E-state index contributed by atoms with van der Waals surface area (Å²) in [5, 5.41) is 27.7. The summed E-state index contributed by atoms with van der Waals surface area (Å²) >= 11 is 1.45. The van der Waals surface area contributed by atoms with E-state index in [0.717, 1.165) is 22.3 Å². The van der Waals surface area contributed by atoms with Crippen molar-refractivity contribution in [2.75, 3.05) is 47.0 Å². The topological polar surface area (TPSA) is 175 Å². The molecule has 2 fully saturated rings. The summed E-state index contributed by atoms with van der Waals surface area (Å²) in [7, 11) is 4.96. The van der Waals surface area contributed by atoms with Crippen molar-refractivity contribution in [2.45, 2.75) is 74.8 Å². The number of nitrogens with zero attached hydrogens (tertiary/aromatic N) is 2. The molecule has 1 unspecified atom stereocenters. The molecule has 0 saturated carbocycles. The first kappa shape index (κ1) is 42.2. The number of rotatable bonds is 6. The molecule has 0 aromatic heterocycles. The highest BCUT2D eigenvalue weighted by Crippen LogP contribution is 2.64. The molecule has 0 aliphatic carbocycles. The molecule has 7 aliphatic heterocycles. The number of likely N-dealkylation sites (N-methyl/N-ethyl adjacent to an activating group) is 1. The van der Waals surface area contributed by atoms with E-state index in [2.05, 4.69) is 10.2 Å². The number of aliphatic hydroxyl groups excluding tert-OH is 1. The number of hydrogen-bond donors (Lipinski definition) is 3. The molecule has 7 aliphatic rings. The fourth-order valence-corrected chi connectivity index (χ4v) is 12.6. The number of nitrogens with one attached hydrogen (secondary N) is 1. The summed E-state index contributed by atoms with van der Waals surface area (Å²) in [5.74, 6) is 0.421. The van der Waals surface area contributed by atoms with E-state index in [1.807, 2.05) is 62.2 Å². The summed E-state index contributed by atoms with van der Waals surface area (Å²) in [6.45, 7) is 5.13. The molecule has 3 N–H and O–H groups in total. The Kier molecular flexibility index (Phi) is 10.6. The minimum absolute atomic E-state index is 0.0225. The number of piperazine rings is 1. The lowest BCUT2D eigenvalue weighted by Gasteiger charge is -2.62.